The van der Waals surface area contributed by atoms with Gasteiger partial charge in [0.15, 0.2) is 0 Å². The van der Waals surface area contributed by atoms with Gasteiger partial charge in [-0.15, -0.1) is 0 Å². The molecule has 0 bridgehead atoms. The molecule has 0 saturated heterocycles. The molecule has 0 aromatic rings. The van der Waals surface area contributed by atoms with Crippen molar-refractivity contribution in [1.82, 2.24) is 0 Å². The highest BCUT2D eigenvalue weighted by Crippen LogP contribution is 2.36. The molecule has 34 heavy (non-hydrogen) atoms. The van der Waals surface area contributed by atoms with Gasteiger partial charge < -0.3 is 0 Å². The molecule has 1 aliphatic rings. The van der Waals surface area contributed by atoms with Gasteiger partial charge in [-0.1, -0.05) is 83.7 Å². The van der Waals surface area contributed by atoms with E-state index in [0.29, 0.717) is 0 Å². The summed E-state index contributed by atoms with van der Waals surface area (Å²) in [6.45, 7) is 20.1. The molecule has 0 radical (unpaired) electrons. The van der Waals surface area contributed by atoms with Crippen LogP contribution in [0, 0.1) is 11.8 Å². The first-order valence-electron chi connectivity index (χ1n) is 14.1. The SMILES string of the molecule is C=C(CC/C=C(\C)CCC=C(C)C)CCC1C=C(CC/C=C(\C)CCC=C(C)C)CCC1CC. The van der Waals surface area contributed by atoms with Gasteiger partial charge in [0.1, 0.15) is 0 Å². The second-order valence-corrected chi connectivity index (χ2v) is 11.3. The quantitative estimate of drug-likeness (QED) is 0.199. The fourth-order valence-electron chi connectivity index (χ4n) is 5.04. The van der Waals surface area contributed by atoms with Crippen molar-refractivity contribution >= 4 is 0 Å². The van der Waals surface area contributed by atoms with Gasteiger partial charge in [0.05, 0.1) is 0 Å². The smallest absolute Gasteiger partial charge is 0.0199 e. The molecule has 0 saturated carbocycles. The van der Waals surface area contributed by atoms with Gasteiger partial charge in [-0.05, 0) is 130 Å². The molecule has 0 aromatic carbocycles. The lowest BCUT2D eigenvalue weighted by molar-refractivity contribution is 0.319. The lowest BCUT2D eigenvalue weighted by atomic mass is 9.76. The van der Waals surface area contributed by atoms with Gasteiger partial charge >= 0.3 is 0 Å². The van der Waals surface area contributed by atoms with Gasteiger partial charge in [-0.25, -0.2) is 0 Å². The van der Waals surface area contributed by atoms with E-state index in [9.17, 15) is 0 Å². The van der Waals surface area contributed by atoms with E-state index in [1.54, 1.807) is 11.1 Å². The van der Waals surface area contributed by atoms with Crippen molar-refractivity contribution in [3.05, 3.63) is 70.4 Å². The van der Waals surface area contributed by atoms with Crippen LogP contribution >= 0.6 is 0 Å². The molecule has 192 valence electrons. The number of rotatable bonds is 16. The normalized spacial score (nSPS) is 19.0. The van der Waals surface area contributed by atoms with Crippen molar-refractivity contribution in [3.8, 4) is 0 Å². The predicted octanol–water partition coefficient (Wildman–Crippen LogP) is 11.6. The largest absolute Gasteiger partial charge is 0.0999 e. The first kappa shape index (κ1) is 30.5. The molecule has 0 aliphatic heterocycles. The highest BCUT2D eigenvalue weighted by Gasteiger charge is 2.23. The Labute approximate surface area is 214 Å². The topological polar surface area (TPSA) is 0 Å². The summed E-state index contributed by atoms with van der Waals surface area (Å²) in [5.41, 5.74) is 9.09. The van der Waals surface area contributed by atoms with Gasteiger partial charge in [0.2, 0.25) is 0 Å². The summed E-state index contributed by atoms with van der Waals surface area (Å²) in [5.74, 6) is 1.63. The first-order valence-corrected chi connectivity index (χ1v) is 14.1. The second-order valence-electron chi connectivity index (χ2n) is 11.3. The molecule has 0 nitrogen and oxygen atoms in total. The molecule has 2 atom stereocenters. The Balaban J connectivity index is 2.45. The number of hydrogen-bond acceptors (Lipinski definition) is 0. The van der Waals surface area contributed by atoms with Crippen LogP contribution < -0.4 is 0 Å². The van der Waals surface area contributed by atoms with Crippen molar-refractivity contribution in [1.29, 1.82) is 0 Å². The molecule has 0 spiro atoms. The van der Waals surface area contributed by atoms with Gasteiger partial charge in [0.25, 0.3) is 0 Å². The fraction of sp³-hybridized carbons (Fsp3) is 0.647. The van der Waals surface area contributed by atoms with Crippen LogP contribution in [-0.4, -0.2) is 0 Å². The lowest BCUT2D eigenvalue weighted by Gasteiger charge is -2.30. The maximum Gasteiger partial charge on any atom is -0.0199 e. The third kappa shape index (κ3) is 14.6. The zero-order valence-electron chi connectivity index (χ0n) is 23.9. The minimum atomic E-state index is 0.759. The van der Waals surface area contributed by atoms with E-state index >= 15 is 0 Å². The Kier molecular flexibility index (Phi) is 16.0. The molecule has 0 heterocycles. The van der Waals surface area contributed by atoms with Crippen LogP contribution in [0.3, 0.4) is 0 Å². The minimum Gasteiger partial charge on any atom is -0.0999 e. The Hall–Kier alpha value is -1.56. The zero-order chi connectivity index (χ0) is 25.3. The van der Waals surface area contributed by atoms with Gasteiger partial charge in [-0.2, -0.15) is 0 Å². The summed E-state index contributed by atoms with van der Waals surface area (Å²) in [6, 6.07) is 0. The third-order valence-corrected chi connectivity index (χ3v) is 7.38. The highest BCUT2D eigenvalue weighted by atomic mass is 14.3. The molecule has 0 heteroatoms. The summed E-state index contributed by atoms with van der Waals surface area (Å²) in [4.78, 5) is 0. The Morgan fingerprint density at radius 2 is 1.35 bits per heavy atom. The molecule has 0 aromatic heterocycles. The van der Waals surface area contributed by atoms with Gasteiger partial charge in [-0.3, -0.25) is 0 Å². The van der Waals surface area contributed by atoms with Crippen LogP contribution in [0.4, 0.5) is 0 Å². The van der Waals surface area contributed by atoms with Crippen molar-refractivity contribution in [2.45, 2.75) is 132 Å². The zero-order valence-corrected chi connectivity index (χ0v) is 23.9. The minimum absolute atomic E-state index is 0.759. The molecule has 0 N–H and O–H groups in total. The van der Waals surface area contributed by atoms with Crippen molar-refractivity contribution in [3.63, 3.8) is 0 Å². The lowest BCUT2D eigenvalue weighted by Crippen LogP contribution is -2.17. The molecular formula is C34H56. The highest BCUT2D eigenvalue weighted by molar-refractivity contribution is 5.13. The number of allylic oxidation sites excluding steroid dienone is 11. The van der Waals surface area contributed by atoms with Crippen LogP contribution in [0.25, 0.3) is 0 Å². The van der Waals surface area contributed by atoms with E-state index in [1.165, 1.54) is 92.9 Å². The Morgan fingerprint density at radius 3 is 1.91 bits per heavy atom. The van der Waals surface area contributed by atoms with Crippen LogP contribution in [0.1, 0.15) is 132 Å². The van der Waals surface area contributed by atoms with E-state index in [-0.39, 0.29) is 0 Å². The second kappa shape index (κ2) is 17.8. The Morgan fingerprint density at radius 1 is 0.794 bits per heavy atom. The average molecular weight is 465 g/mol. The molecule has 2 unspecified atom stereocenters. The molecule has 1 aliphatic carbocycles. The molecule has 1 rings (SSSR count). The average Bonchev–Trinajstić information content (AvgIpc) is 2.77. The third-order valence-electron chi connectivity index (χ3n) is 7.38. The standard InChI is InChI=1S/C34H56/c1-9-33-25-23-32(21-13-20-30(7)17-11-15-28(4)5)26-34(33)24-22-31(8)19-12-18-29(6)16-10-14-27(2)3/h14-15,18,20,26,33-34H,8-13,16-17,19,21-25H2,1-7H3/b29-18+,30-20+. The fourth-order valence-corrected chi connectivity index (χ4v) is 5.04. The summed E-state index contributed by atoms with van der Waals surface area (Å²) in [5, 5.41) is 0. The van der Waals surface area contributed by atoms with E-state index in [4.69, 9.17) is 0 Å². The maximum absolute atomic E-state index is 4.42. The molecule has 0 fully saturated rings. The number of hydrogen-bond donors (Lipinski definition) is 0. The van der Waals surface area contributed by atoms with Crippen molar-refractivity contribution in [2.75, 3.05) is 0 Å². The maximum atomic E-state index is 4.42. The monoisotopic (exact) mass is 464 g/mol. The summed E-state index contributed by atoms with van der Waals surface area (Å²) < 4.78 is 0. The van der Waals surface area contributed by atoms with Crippen LogP contribution in [0.15, 0.2) is 70.4 Å². The van der Waals surface area contributed by atoms with E-state index in [2.05, 4.69) is 85.4 Å². The Bertz CT molecular complexity index is 741. The summed E-state index contributed by atoms with van der Waals surface area (Å²) in [7, 11) is 0. The van der Waals surface area contributed by atoms with Crippen LogP contribution in [0.5, 0.6) is 0 Å². The summed E-state index contributed by atoms with van der Waals surface area (Å²) >= 11 is 0. The molecular weight excluding hydrogens is 408 g/mol. The van der Waals surface area contributed by atoms with Crippen LogP contribution in [0.2, 0.25) is 0 Å². The van der Waals surface area contributed by atoms with E-state index in [1.807, 2.05) is 0 Å². The van der Waals surface area contributed by atoms with Crippen molar-refractivity contribution in [2.24, 2.45) is 11.8 Å². The molecule has 0 amide bonds. The van der Waals surface area contributed by atoms with Crippen molar-refractivity contribution < 1.29 is 0 Å². The first-order chi connectivity index (χ1) is 16.2. The van der Waals surface area contributed by atoms with Gasteiger partial charge in [0, 0.05) is 0 Å². The van der Waals surface area contributed by atoms with E-state index in [0.717, 1.165) is 24.7 Å². The van der Waals surface area contributed by atoms with E-state index < -0.39 is 0 Å². The summed E-state index contributed by atoms with van der Waals surface area (Å²) in [6.07, 6.45) is 28.3. The van der Waals surface area contributed by atoms with Crippen LogP contribution in [-0.2, 0) is 0 Å². The predicted molar refractivity (Wildman–Crippen MR) is 156 cm³/mol.